The van der Waals surface area contributed by atoms with Crippen LogP contribution in [0, 0.1) is 17.3 Å². The fourth-order valence-electron chi connectivity index (χ4n) is 9.69. The molecule has 9 amide bonds. The molecule has 3 saturated heterocycles. The smallest absolute Gasteiger partial charge is 0.355 e. The second-order valence-electron chi connectivity index (χ2n) is 19.9. The molecule has 4 atom stereocenters. The number of nitrogens with one attached hydrogen (secondary N) is 3. The highest BCUT2D eigenvalue weighted by Gasteiger charge is 2.51. The second kappa shape index (κ2) is 21.6. The second-order valence-corrected chi connectivity index (χ2v) is 22.7. The molecule has 0 spiro atoms. The van der Waals surface area contributed by atoms with E-state index in [9.17, 15) is 66.3 Å². The van der Waals surface area contributed by atoms with Crippen LogP contribution >= 0.6 is 18.9 Å². The Bertz CT molecular complexity index is 3130. The van der Waals surface area contributed by atoms with E-state index in [-0.39, 0.29) is 72.7 Å². The predicted octanol–water partition coefficient (Wildman–Crippen LogP) is 4.07. The van der Waals surface area contributed by atoms with Gasteiger partial charge < -0.3 is 35.1 Å². The molecule has 4 aromatic rings. The third kappa shape index (κ3) is 11.6. The number of imide groups is 2. The Kier molecular flexibility index (Phi) is 15.6. The van der Waals surface area contributed by atoms with Crippen molar-refractivity contribution < 1.29 is 66.3 Å². The van der Waals surface area contributed by atoms with E-state index < -0.39 is 102 Å². The maximum atomic E-state index is 14.9. The summed E-state index contributed by atoms with van der Waals surface area (Å²) in [6.45, 7) is 5.48. The van der Waals surface area contributed by atoms with Crippen molar-refractivity contribution in [2.24, 2.45) is 5.41 Å². The largest absolute Gasteiger partial charge is 0.399 e. The maximum absolute atomic E-state index is 14.9. The minimum atomic E-state index is -5.87. The normalized spacial score (nSPS) is 19.7. The van der Waals surface area contributed by atoms with Gasteiger partial charge in [0.2, 0.25) is 35.4 Å². The number of hydrogen-bond acceptors (Lipinski definition) is 11. The molecule has 5 heterocycles. The summed E-state index contributed by atoms with van der Waals surface area (Å²) < 4.78 is 41.1. The molecule has 19 nitrogen and oxygen atoms in total. The number of halogens is 2. The zero-order chi connectivity index (χ0) is 54.1. The molecule has 394 valence electrons. The third-order valence-electron chi connectivity index (χ3n) is 13.7. The number of rotatable bonds is 12. The first-order valence-electron chi connectivity index (χ1n) is 24.2. The zero-order valence-corrected chi connectivity index (χ0v) is 42.8. The van der Waals surface area contributed by atoms with Crippen molar-refractivity contribution in [1.82, 2.24) is 35.6 Å². The van der Waals surface area contributed by atoms with Gasteiger partial charge in [-0.05, 0) is 72.0 Å². The zero-order valence-electron chi connectivity index (χ0n) is 41.1. The van der Waals surface area contributed by atoms with Crippen LogP contribution in [0.4, 0.5) is 8.78 Å². The van der Waals surface area contributed by atoms with E-state index in [1.807, 2.05) is 30.3 Å². The average molecular weight is 1070 g/mol. The molecule has 3 fully saturated rings. The van der Waals surface area contributed by atoms with Crippen LogP contribution < -0.4 is 16.0 Å². The Morgan fingerprint density at radius 1 is 0.880 bits per heavy atom. The Hall–Kier alpha value is -7.18. The topological polar surface area (TPSA) is 260 Å². The van der Waals surface area contributed by atoms with Crippen LogP contribution in [0.15, 0.2) is 72.8 Å². The van der Waals surface area contributed by atoms with Gasteiger partial charge in [-0.15, -0.1) is 11.3 Å². The van der Waals surface area contributed by atoms with E-state index in [0.717, 1.165) is 40.4 Å². The van der Waals surface area contributed by atoms with Crippen LogP contribution in [0.25, 0.3) is 10.1 Å². The minimum absolute atomic E-state index is 0.00545. The van der Waals surface area contributed by atoms with E-state index in [2.05, 4.69) is 27.8 Å². The highest BCUT2D eigenvalue weighted by atomic mass is 32.1. The van der Waals surface area contributed by atoms with E-state index in [1.54, 1.807) is 31.7 Å². The SMILES string of the molecule is CC(C)(C)C(NC(=O)c1cc2cc(C(F)(F)P(=O)(O)O)ccc2s1)C(=O)N1CCN(C(=O)CC(=O)NCCC#Cc2ccc3c(c2)C(=O)N(C2CCC(=O)NC2=O)C3=O)C[C@H]1C(=O)N1CCC[C@H](c2ccccc2)C1. The number of thiophene rings is 1. The van der Waals surface area contributed by atoms with Crippen molar-refractivity contribution in [2.45, 2.75) is 89.0 Å². The Labute approximate surface area is 433 Å². The van der Waals surface area contributed by atoms with Gasteiger partial charge in [-0.2, -0.15) is 8.78 Å². The van der Waals surface area contributed by atoms with E-state index in [1.165, 1.54) is 34.1 Å². The van der Waals surface area contributed by atoms with Gasteiger partial charge >= 0.3 is 13.3 Å². The van der Waals surface area contributed by atoms with Crippen LogP contribution in [0.2, 0.25) is 0 Å². The molecule has 23 heteroatoms. The Morgan fingerprint density at radius 2 is 1.61 bits per heavy atom. The number of carbonyl (C=O) groups is 9. The van der Waals surface area contributed by atoms with Crippen LogP contribution in [-0.2, 0) is 39.0 Å². The van der Waals surface area contributed by atoms with Gasteiger partial charge in [0, 0.05) is 67.3 Å². The van der Waals surface area contributed by atoms with Crippen molar-refractivity contribution in [3.05, 3.63) is 105 Å². The number of piperazine rings is 1. The van der Waals surface area contributed by atoms with Gasteiger partial charge in [0.15, 0.2) is 0 Å². The molecule has 5 N–H and O–H groups in total. The molecule has 4 aliphatic rings. The molecule has 0 saturated carbocycles. The summed E-state index contributed by atoms with van der Waals surface area (Å²) in [5.74, 6) is 0.258. The number of amides is 9. The molecule has 3 aromatic carbocycles. The first-order chi connectivity index (χ1) is 35.4. The number of carbonyl (C=O) groups excluding carboxylic acids is 9. The number of likely N-dealkylation sites (tertiary alicyclic amines) is 1. The Morgan fingerprint density at radius 3 is 2.32 bits per heavy atom. The molecule has 0 aliphatic carbocycles. The molecule has 0 bridgehead atoms. The maximum Gasteiger partial charge on any atom is 0.399 e. The summed E-state index contributed by atoms with van der Waals surface area (Å²) in [7, 11) is -5.87. The lowest BCUT2D eigenvalue weighted by Gasteiger charge is -2.45. The number of nitrogens with zero attached hydrogens (tertiary/aromatic N) is 4. The van der Waals surface area contributed by atoms with E-state index in [4.69, 9.17) is 0 Å². The molecule has 4 aliphatic heterocycles. The van der Waals surface area contributed by atoms with Crippen molar-refractivity contribution in [2.75, 3.05) is 39.3 Å². The number of alkyl halides is 2. The number of hydrogen-bond donors (Lipinski definition) is 5. The van der Waals surface area contributed by atoms with Gasteiger partial charge in [-0.25, -0.2) is 0 Å². The lowest BCUT2D eigenvalue weighted by atomic mass is 9.85. The summed E-state index contributed by atoms with van der Waals surface area (Å²) in [5, 5.41) is 7.72. The van der Waals surface area contributed by atoms with Crippen LogP contribution in [0.1, 0.15) is 112 Å². The highest BCUT2D eigenvalue weighted by molar-refractivity contribution is 7.52. The van der Waals surface area contributed by atoms with E-state index in [0.29, 0.717) is 29.8 Å². The van der Waals surface area contributed by atoms with Gasteiger partial charge in [-0.1, -0.05) is 69.0 Å². The summed E-state index contributed by atoms with van der Waals surface area (Å²) in [4.78, 5) is 145. The monoisotopic (exact) mass is 1070 g/mol. The quantitative estimate of drug-likeness (QED) is 0.0443. The van der Waals surface area contributed by atoms with Gasteiger partial charge in [0.05, 0.1) is 22.5 Å². The van der Waals surface area contributed by atoms with Crippen molar-refractivity contribution in [1.29, 1.82) is 0 Å². The fourth-order valence-corrected chi connectivity index (χ4v) is 11.1. The van der Waals surface area contributed by atoms with Gasteiger partial charge in [-0.3, -0.25) is 57.9 Å². The fraction of sp³-hybridized carbons (Fsp3) is 0.404. The van der Waals surface area contributed by atoms with Crippen molar-refractivity contribution in [3.8, 4) is 11.8 Å². The van der Waals surface area contributed by atoms with Crippen molar-refractivity contribution >= 4 is 82.2 Å². The predicted molar refractivity (Wildman–Crippen MR) is 268 cm³/mol. The minimum Gasteiger partial charge on any atom is -0.355 e. The lowest BCUT2D eigenvalue weighted by Crippen LogP contribution is -2.66. The Balaban J connectivity index is 0.928. The van der Waals surface area contributed by atoms with Crippen LogP contribution in [0.3, 0.4) is 0 Å². The van der Waals surface area contributed by atoms with Crippen LogP contribution in [-0.4, -0.2) is 140 Å². The number of fused-ring (bicyclic) bond motifs is 2. The summed E-state index contributed by atoms with van der Waals surface area (Å²) in [5.41, 5.74) is -4.77. The third-order valence-corrected chi connectivity index (χ3v) is 15.8. The van der Waals surface area contributed by atoms with Gasteiger partial charge in [0.1, 0.15) is 24.5 Å². The molecule has 2 unspecified atom stereocenters. The summed E-state index contributed by atoms with van der Waals surface area (Å²) in [6, 6.07) is 14.8. The highest BCUT2D eigenvalue weighted by Crippen LogP contribution is 2.59. The van der Waals surface area contributed by atoms with Crippen LogP contribution in [0.5, 0.6) is 0 Å². The standard InChI is InChI=1S/C52H54F2N7O12PS/c1-51(2,3)44(57-46(66)40-26-33-25-34(15-18-39(33)75-40)52(53,54)74(71,72)73)50(70)60-23-22-58(29-38(60)49(69)59-21-9-13-32(28-59)31-11-5-4-6-12-31)43(64)27-42(63)55-20-8-7-10-30-14-16-35-36(24-30)48(68)61(47(35)67)37-17-19-41(62)56-45(37)65/h4-6,11-12,14-16,18,24-26,32,37-38,44H,8-9,13,17,19-23,27-29H2,1-3H3,(H,55,63)(H,57,66)(H,56,62,65)(H2,71,72,73)/t32-,37?,38-,44?/m0/s1. The summed E-state index contributed by atoms with van der Waals surface area (Å²) in [6.07, 6.45) is 1.05. The molecule has 75 heavy (non-hydrogen) atoms. The average Bonchev–Trinajstić information content (AvgIpc) is 3.91. The van der Waals surface area contributed by atoms with E-state index >= 15 is 0 Å². The molecular weight excluding hydrogens is 1020 g/mol. The molecule has 8 rings (SSSR count). The van der Waals surface area contributed by atoms with Gasteiger partial charge in [0.25, 0.3) is 17.7 Å². The molecular formula is C52H54F2N7O12PS. The first kappa shape index (κ1) is 54.1. The lowest BCUT2D eigenvalue weighted by molar-refractivity contribution is -0.155. The summed E-state index contributed by atoms with van der Waals surface area (Å²) >= 11 is 0.919. The number of piperidine rings is 2. The molecule has 0 radical (unpaired) electrons. The molecule has 1 aromatic heterocycles. The van der Waals surface area contributed by atoms with Crippen molar-refractivity contribution in [3.63, 3.8) is 0 Å². The number of benzene rings is 3. The first-order valence-corrected chi connectivity index (χ1v) is 26.7.